The monoisotopic (exact) mass is 251 g/mol. The van der Waals surface area contributed by atoms with Crippen molar-refractivity contribution in [1.29, 1.82) is 5.41 Å². The van der Waals surface area contributed by atoms with Crippen LogP contribution in [0.5, 0.6) is 0 Å². The SMILES string of the molecule is CCC1CCCC2(CC1)C(=N)NC(=O)N2C(C)C. The van der Waals surface area contributed by atoms with E-state index in [1.54, 1.807) is 0 Å². The smallest absolute Gasteiger partial charge is 0.309 e. The number of hydrogen-bond donors (Lipinski definition) is 2. The van der Waals surface area contributed by atoms with Crippen molar-refractivity contribution >= 4 is 11.9 Å². The fraction of sp³-hybridized carbons (Fsp3) is 0.857. The number of nitrogens with zero attached hydrogens (tertiary/aromatic N) is 1. The van der Waals surface area contributed by atoms with Crippen LogP contribution in [-0.4, -0.2) is 28.3 Å². The molecule has 0 aromatic rings. The molecule has 1 aliphatic carbocycles. The summed E-state index contributed by atoms with van der Waals surface area (Å²) >= 11 is 0. The van der Waals surface area contributed by atoms with Crippen molar-refractivity contribution in [3.05, 3.63) is 0 Å². The van der Waals surface area contributed by atoms with Crippen molar-refractivity contribution in [1.82, 2.24) is 10.2 Å². The Kier molecular flexibility index (Phi) is 3.64. The molecule has 4 heteroatoms. The Labute approximate surface area is 110 Å². The predicted molar refractivity (Wildman–Crippen MR) is 72.8 cm³/mol. The molecule has 2 amide bonds. The highest BCUT2D eigenvalue weighted by atomic mass is 16.2. The fourth-order valence-electron chi connectivity index (χ4n) is 3.62. The maximum atomic E-state index is 12.0. The van der Waals surface area contributed by atoms with Crippen LogP contribution in [0, 0.1) is 11.3 Å². The van der Waals surface area contributed by atoms with E-state index < -0.39 is 0 Å². The largest absolute Gasteiger partial charge is 0.323 e. The molecule has 1 aliphatic heterocycles. The fourth-order valence-corrected chi connectivity index (χ4v) is 3.62. The molecule has 2 unspecified atom stereocenters. The third kappa shape index (κ3) is 2.02. The van der Waals surface area contributed by atoms with Crippen LogP contribution in [0.4, 0.5) is 4.79 Å². The Morgan fingerprint density at radius 3 is 2.78 bits per heavy atom. The number of amidine groups is 1. The maximum Gasteiger partial charge on any atom is 0.323 e. The van der Waals surface area contributed by atoms with Gasteiger partial charge in [-0.05, 0) is 39.0 Å². The van der Waals surface area contributed by atoms with Gasteiger partial charge in [-0.3, -0.25) is 10.7 Å². The minimum absolute atomic E-state index is 0.0788. The highest BCUT2D eigenvalue weighted by molar-refractivity contribution is 6.08. The molecule has 2 aliphatic rings. The van der Waals surface area contributed by atoms with Gasteiger partial charge in [0.25, 0.3) is 0 Å². The summed E-state index contributed by atoms with van der Waals surface area (Å²) in [4.78, 5) is 13.9. The van der Waals surface area contributed by atoms with Crippen LogP contribution in [0.3, 0.4) is 0 Å². The van der Waals surface area contributed by atoms with Crippen molar-refractivity contribution in [2.45, 2.75) is 70.9 Å². The van der Waals surface area contributed by atoms with Crippen molar-refractivity contribution in [2.24, 2.45) is 5.92 Å². The number of rotatable bonds is 2. The molecule has 2 N–H and O–H groups in total. The zero-order valence-corrected chi connectivity index (χ0v) is 11.8. The van der Waals surface area contributed by atoms with Crippen LogP contribution in [0.1, 0.15) is 59.3 Å². The number of urea groups is 1. The number of carbonyl (C=O) groups is 1. The van der Waals surface area contributed by atoms with Gasteiger partial charge < -0.3 is 4.90 Å². The lowest BCUT2D eigenvalue weighted by molar-refractivity contribution is 0.137. The number of amides is 2. The molecule has 2 rings (SSSR count). The van der Waals surface area contributed by atoms with E-state index in [4.69, 9.17) is 5.41 Å². The second kappa shape index (κ2) is 4.90. The molecule has 0 bridgehead atoms. The molecule has 1 heterocycles. The summed E-state index contributed by atoms with van der Waals surface area (Å²) in [5.74, 6) is 1.19. The second-order valence-electron chi connectivity index (χ2n) is 6.01. The molecule has 2 fully saturated rings. The number of carbonyl (C=O) groups excluding carboxylic acids is 1. The zero-order chi connectivity index (χ0) is 13.3. The van der Waals surface area contributed by atoms with Crippen LogP contribution >= 0.6 is 0 Å². The van der Waals surface area contributed by atoms with Gasteiger partial charge in [-0.1, -0.05) is 26.2 Å². The molecule has 0 aromatic heterocycles. The predicted octanol–water partition coefficient (Wildman–Crippen LogP) is 3.13. The molecular weight excluding hydrogens is 226 g/mol. The summed E-state index contributed by atoms with van der Waals surface area (Å²) in [5, 5.41) is 10.9. The Morgan fingerprint density at radius 1 is 1.44 bits per heavy atom. The zero-order valence-electron chi connectivity index (χ0n) is 11.8. The molecule has 1 saturated carbocycles. The third-order valence-electron chi connectivity index (χ3n) is 4.64. The van der Waals surface area contributed by atoms with Crippen molar-refractivity contribution in [3.8, 4) is 0 Å². The van der Waals surface area contributed by atoms with E-state index in [2.05, 4.69) is 12.2 Å². The van der Waals surface area contributed by atoms with Gasteiger partial charge in [-0.15, -0.1) is 0 Å². The van der Waals surface area contributed by atoms with Crippen LogP contribution in [-0.2, 0) is 0 Å². The van der Waals surface area contributed by atoms with E-state index >= 15 is 0 Å². The van der Waals surface area contributed by atoms with Gasteiger partial charge >= 0.3 is 6.03 Å². The van der Waals surface area contributed by atoms with Gasteiger partial charge in [0.2, 0.25) is 0 Å². The first-order valence-corrected chi connectivity index (χ1v) is 7.20. The van der Waals surface area contributed by atoms with Crippen molar-refractivity contribution in [3.63, 3.8) is 0 Å². The van der Waals surface area contributed by atoms with E-state index in [1.165, 1.54) is 12.8 Å². The normalized spacial score (nSPS) is 33.1. The van der Waals surface area contributed by atoms with E-state index in [0.717, 1.165) is 31.6 Å². The highest BCUT2D eigenvalue weighted by Crippen LogP contribution is 2.39. The topological polar surface area (TPSA) is 56.2 Å². The summed E-state index contributed by atoms with van der Waals surface area (Å²) in [5.41, 5.74) is -0.338. The molecule has 0 aromatic carbocycles. The lowest BCUT2D eigenvalue weighted by Crippen LogP contribution is -2.52. The third-order valence-corrected chi connectivity index (χ3v) is 4.64. The van der Waals surface area contributed by atoms with Gasteiger partial charge in [0.1, 0.15) is 11.4 Å². The lowest BCUT2D eigenvalue weighted by atomic mass is 9.86. The van der Waals surface area contributed by atoms with E-state index in [9.17, 15) is 4.79 Å². The van der Waals surface area contributed by atoms with E-state index in [1.807, 2.05) is 18.7 Å². The maximum absolute atomic E-state index is 12.0. The standard InChI is InChI=1S/C14H25N3O/c1-4-11-6-5-8-14(9-7-11)12(15)16-13(18)17(14)10(2)3/h10-11H,4-9H2,1-3H3,(H2,15,16,18). The second-order valence-corrected chi connectivity index (χ2v) is 6.01. The Bertz CT molecular complexity index is 353. The first kappa shape index (κ1) is 13.4. The Balaban J connectivity index is 2.26. The van der Waals surface area contributed by atoms with Gasteiger partial charge in [-0.2, -0.15) is 0 Å². The van der Waals surface area contributed by atoms with E-state index in [0.29, 0.717) is 5.84 Å². The summed E-state index contributed by atoms with van der Waals surface area (Å²) in [6.45, 7) is 6.33. The molecule has 0 radical (unpaired) electrons. The summed E-state index contributed by atoms with van der Waals surface area (Å²) in [7, 11) is 0. The summed E-state index contributed by atoms with van der Waals surface area (Å²) < 4.78 is 0. The lowest BCUT2D eigenvalue weighted by Gasteiger charge is -2.38. The van der Waals surface area contributed by atoms with Crippen LogP contribution in [0.2, 0.25) is 0 Å². The molecule has 1 saturated heterocycles. The molecular formula is C14H25N3O. The molecule has 1 spiro atoms. The average molecular weight is 251 g/mol. The Hall–Kier alpha value is -1.06. The number of nitrogens with one attached hydrogen (secondary N) is 2. The van der Waals surface area contributed by atoms with Gasteiger partial charge in [0.15, 0.2) is 0 Å². The first-order chi connectivity index (χ1) is 8.51. The highest BCUT2D eigenvalue weighted by Gasteiger charge is 2.51. The van der Waals surface area contributed by atoms with Crippen LogP contribution in [0.15, 0.2) is 0 Å². The average Bonchev–Trinajstić information content (AvgIpc) is 2.48. The van der Waals surface area contributed by atoms with Gasteiger partial charge in [-0.25, -0.2) is 4.79 Å². The number of hydrogen-bond acceptors (Lipinski definition) is 2. The van der Waals surface area contributed by atoms with Crippen LogP contribution < -0.4 is 5.32 Å². The van der Waals surface area contributed by atoms with Gasteiger partial charge in [0.05, 0.1) is 0 Å². The Morgan fingerprint density at radius 2 is 2.17 bits per heavy atom. The summed E-state index contributed by atoms with van der Waals surface area (Å²) in [6.07, 6.45) is 6.61. The van der Waals surface area contributed by atoms with Gasteiger partial charge in [0, 0.05) is 6.04 Å². The molecule has 102 valence electrons. The van der Waals surface area contributed by atoms with Crippen molar-refractivity contribution in [2.75, 3.05) is 0 Å². The minimum atomic E-state index is -0.338. The molecule has 2 atom stereocenters. The van der Waals surface area contributed by atoms with Crippen LogP contribution in [0.25, 0.3) is 0 Å². The summed E-state index contributed by atoms with van der Waals surface area (Å²) in [6, 6.07) is 0.0796. The van der Waals surface area contributed by atoms with E-state index in [-0.39, 0.29) is 17.6 Å². The quantitative estimate of drug-likeness (QED) is 0.778. The minimum Gasteiger partial charge on any atom is -0.309 e. The molecule has 18 heavy (non-hydrogen) atoms. The first-order valence-electron chi connectivity index (χ1n) is 7.20. The van der Waals surface area contributed by atoms with Crippen molar-refractivity contribution < 1.29 is 4.79 Å². The molecule has 4 nitrogen and oxygen atoms in total.